The van der Waals surface area contributed by atoms with Crippen molar-refractivity contribution in [2.24, 2.45) is 5.92 Å². The Kier molecular flexibility index (Phi) is 4.27. The van der Waals surface area contributed by atoms with E-state index in [4.69, 9.17) is 4.74 Å². The lowest BCUT2D eigenvalue weighted by atomic mass is 10.0. The van der Waals surface area contributed by atoms with Crippen LogP contribution in [0.1, 0.15) is 33.6 Å². The van der Waals surface area contributed by atoms with Gasteiger partial charge in [0, 0.05) is 12.5 Å². The standard InChI is InChI=1S/C11H19NO3/c1-7(2)10(13)8(3)12-11(14)9-5-4-6-15-9/h7-9H,4-6H2,1-3H3,(H,12,14)/t8-,9-/m0/s1. The highest BCUT2D eigenvalue weighted by atomic mass is 16.5. The number of carbonyl (C=O) groups excluding carboxylic acids is 2. The zero-order valence-electron chi connectivity index (χ0n) is 9.58. The van der Waals surface area contributed by atoms with Crippen LogP contribution < -0.4 is 5.32 Å². The molecule has 1 N–H and O–H groups in total. The Morgan fingerprint density at radius 3 is 2.47 bits per heavy atom. The molecule has 0 aromatic rings. The molecule has 4 nitrogen and oxygen atoms in total. The van der Waals surface area contributed by atoms with Crippen LogP contribution in [0.3, 0.4) is 0 Å². The smallest absolute Gasteiger partial charge is 0.249 e. The van der Waals surface area contributed by atoms with E-state index in [1.807, 2.05) is 13.8 Å². The number of hydrogen-bond acceptors (Lipinski definition) is 3. The van der Waals surface area contributed by atoms with Gasteiger partial charge in [0.1, 0.15) is 6.10 Å². The fraction of sp³-hybridized carbons (Fsp3) is 0.818. The van der Waals surface area contributed by atoms with Crippen molar-refractivity contribution in [2.75, 3.05) is 6.61 Å². The van der Waals surface area contributed by atoms with E-state index < -0.39 is 6.04 Å². The monoisotopic (exact) mass is 213 g/mol. The largest absolute Gasteiger partial charge is 0.368 e. The molecule has 0 spiro atoms. The third-order valence-electron chi connectivity index (χ3n) is 2.58. The highest BCUT2D eigenvalue weighted by molar-refractivity contribution is 5.91. The van der Waals surface area contributed by atoms with Crippen molar-refractivity contribution >= 4 is 11.7 Å². The molecule has 2 atom stereocenters. The lowest BCUT2D eigenvalue weighted by Gasteiger charge is -2.17. The number of nitrogens with one attached hydrogen (secondary N) is 1. The van der Waals surface area contributed by atoms with Gasteiger partial charge in [-0.15, -0.1) is 0 Å². The zero-order valence-corrected chi connectivity index (χ0v) is 9.58. The van der Waals surface area contributed by atoms with Crippen LogP contribution in [0.5, 0.6) is 0 Å². The summed E-state index contributed by atoms with van der Waals surface area (Å²) < 4.78 is 5.23. The van der Waals surface area contributed by atoms with Crippen molar-refractivity contribution in [2.45, 2.75) is 45.8 Å². The molecule has 0 aliphatic carbocycles. The maximum atomic E-state index is 11.6. The molecular weight excluding hydrogens is 194 g/mol. The van der Waals surface area contributed by atoms with Gasteiger partial charge in [0.15, 0.2) is 5.78 Å². The fourth-order valence-corrected chi connectivity index (χ4v) is 1.66. The van der Waals surface area contributed by atoms with Crippen LogP contribution in [0, 0.1) is 5.92 Å². The number of hydrogen-bond donors (Lipinski definition) is 1. The van der Waals surface area contributed by atoms with E-state index in [1.165, 1.54) is 0 Å². The molecule has 4 heteroatoms. The summed E-state index contributed by atoms with van der Waals surface area (Å²) in [5, 5.41) is 2.69. The van der Waals surface area contributed by atoms with Crippen LogP contribution in [-0.4, -0.2) is 30.4 Å². The van der Waals surface area contributed by atoms with Crippen molar-refractivity contribution < 1.29 is 14.3 Å². The molecule has 15 heavy (non-hydrogen) atoms. The van der Waals surface area contributed by atoms with Gasteiger partial charge >= 0.3 is 0 Å². The highest BCUT2D eigenvalue weighted by Gasteiger charge is 2.26. The van der Waals surface area contributed by atoms with E-state index in [1.54, 1.807) is 6.92 Å². The summed E-state index contributed by atoms with van der Waals surface area (Å²) in [4.78, 5) is 23.1. The Balaban J connectivity index is 2.40. The molecule has 1 aliphatic heterocycles. The van der Waals surface area contributed by atoms with Crippen LogP contribution in [0.4, 0.5) is 0 Å². The first-order chi connectivity index (χ1) is 7.02. The van der Waals surface area contributed by atoms with Crippen molar-refractivity contribution in [1.82, 2.24) is 5.32 Å². The molecule has 1 fully saturated rings. The van der Waals surface area contributed by atoms with Crippen molar-refractivity contribution in [3.8, 4) is 0 Å². The first-order valence-corrected chi connectivity index (χ1v) is 5.48. The molecule has 0 aromatic heterocycles. The highest BCUT2D eigenvalue weighted by Crippen LogP contribution is 2.12. The number of ketones is 1. The first kappa shape index (κ1) is 12.2. The lowest BCUT2D eigenvalue weighted by molar-refractivity contribution is -0.134. The van der Waals surface area contributed by atoms with Crippen LogP contribution in [-0.2, 0) is 14.3 Å². The summed E-state index contributed by atoms with van der Waals surface area (Å²) in [7, 11) is 0. The number of carbonyl (C=O) groups is 2. The predicted octanol–water partition coefficient (Wildman–Crippen LogP) is 0.895. The summed E-state index contributed by atoms with van der Waals surface area (Å²) in [5.74, 6) is -0.153. The summed E-state index contributed by atoms with van der Waals surface area (Å²) in [5.41, 5.74) is 0. The molecule has 0 unspecified atom stereocenters. The quantitative estimate of drug-likeness (QED) is 0.754. The molecule has 1 aliphatic rings. The van der Waals surface area contributed by atoms with Gasteiger partial charge in [-0.3, -0.25) is 9.59 Å². The third-order valence-corrected chi connectivity index (χ3v) is 2.58. The Hall–Kier alpha value is -0.900. The number of rotatable bonds is 4. The zero-order chi connectivity index (χ0) is 11.4. The van der Waals surface area contributed by atoms with Gasteiger partial charge in [-0.1, -0.05) is 13.8 Å². The van der Waals surface area contributed by atoms with Gasteiger partial charge < -0.3 is 10.1 Å². The van der Waals surface area contributed by atoms with Crippen LogP contribution in [0.25, 0.3) is 0 Å². The normalized spacial score (nSPS) is 22.8. The van der Waals surface area contributed by atoms with Gasteiger partial charge in [-0.25, -0.2) is 0 Å². The van der Waals surface area contributed by atoms with Gasteiger partial charge in [-0.05, 0) is 19.8 Å². The van der Waals surface area contributed by atoms with Gasteiger partial charge in [0.05, 0.1) is 6.04 Å². The summed E-state index contributed by atoms with van der Waals surface area (Å²) in [6, 6.07) is -0.415. The first-order valence-electron chi connectivity index (χ1n) is 5.48. The molecule has 86 valence electrons. The topological polar surface area (TPSA) is 55.4 Å². The number of Topliss-reactive ketones (excluding diaryl/α,β-unsaturated/α-hetero) is 1. The molecule has 1 heterocycles. The number of amides is 1. The molecule has 1 amide bonds. The summed E-state index contributed by atoms with van der Waals surface area (Å²) in [6.07, 6.45) is 1.33. The SMILES string of the molecule is CC(C)C(=O)[C@H](C)NC(=O)[C@@H]1CCCO1. The predicted molar refractivity (Wildman–Crippen MR) is 56.4 cm³/mol. The van der Waals surface area contributed by atoms with Gasteiger partial charge in [0.2, 0.25) is 5.91 Å². The minimum Gasteiger partial charge on any atom is -0.368 e. The minimum atomic E-state index is -0.415. The molecule has 0 bridgehead atoms. The minimum absolute atomic E-state index is 0.0511. The van der Waals surface area contributed by atoms with Crippen molar-refractivity contribution in [1.29, 1.82) is 0 Å². The third kappa shape index (κ3) is 3.30. The van der Waals surface area contributed by atoms with Gasteiger partial charge in [0.25, 0.3) is 0 Å². The Labute approximate surface area is 90.4 Å². The molecule has 0 saturated carbocycles. The van der Waals surface area contributed by atoms with Gasteiger partial charge in [-0.2, -0.15) is 0 Å². The molecular formula is C11H19NO3. The van der Waals surface area contributed by atoms with Crippen molar-refractivity contribution in [3.05, 3.63) is 0 Å². The van der Waals surface area contributed by atoms with E-state index in [9.17, 15) is 9.59 Å². The van der Waals surface area contributed by atoms with Crippen LogP contribution in [0.15, 0.2) is 0 Å². The second-order valence-electron chi connectivity index (χ2n) is 4.29. The molecule has 0 aromatic carbocycles. The van der Waals surface area contributed by atoms with E-state index in [-0.39, 0.29) is 23.7 Å². The molecule has 1 saturated heterocycles. The average molecular weight is 213 g/mol. The van der Waals surface area contributed by atoms with Crippen LogP contribution >= 0.6 is 0 Å². The molecule has 0 radical (unpaired) electrons. The fourth-order valence-electron chi connectivity index (χ4n) is 1.66. The second kappa shape index (κ2) is 5.26. The lowest BCUT2D eigenvalue weighted by Crippen LogP contribution is -2.44. The van der Waals surface area contributed by atoms with E-state index in [0.717, 1.165) is 12.8 Å². The maximum absolute atomic E-state index is 11.6. The average Bonchev–Trinajstić information content (AvgIpc) is 2.68. The summed E-state index contributed by atoms with van der Waals surface area (Å²) in [6.45, 7) is 6.02. The Morgan fingerprint density at radius 2 is 2.00 bits per heavy atom. The second-order valence-corrected chi connectivity index (χ2v) is 4.29. The van der Waals surface area contributed by atoms with E-state index >= 15 is 0 Å². The van der Waals surface area contributed by atoms with Crippen molar-refractivity contribution in [3.63, 3.8) is 0 Å². The van der Waals surface area contributed by atoms with Crippen LogP contribution in [0.2, 0.25) is 0 Å². The summed E-state index contributed by atoms with van der Waals surface area (Å²) >= 11 is 0. The Morgan fingerprint density at radius 1 is 1.33 bits per heavy atom. The maximum Gasteiger partial charge on any atom is 0.249 e. The van der Waals surface area contributed by atoms with E-state index in [2.05, 4.69) is 5.32 Å². The number of ether oxygens (including phenoxy) is 1. The van der Waals surface area contributed by atoms with E-state index in [0.29, 0.717) is 6.61 Å². The molecule has 1 rings (SSSR count). The Bertz CT molecular complexity index is 244.